The van der Waals surface area contributed by atoms with E-state index in [1.807, 2.05) is 0 Å². The van der Waals surface area contributed by atoms with Gasteiger partial charge in [-0.05, 0) is 51.4 Å². The number of sulfone groups is 1. The molecule has 0 radical (unpaired) electrons. The average molecular weight is 388 g/mol. The van der Waals surface area contributed by atoms with Crippen LogP contribution in [0.4, 0.5) is 5.69 Å². The highest BCUT2D eigenvalue weighted by Gasteiger charge is 2.32. The zero-order valence-corrected chi connectivity index (χ0v) is 16.2. The standard InChI is InChI=1S/C17H22ClNO5S/c1-11(25(22,23)17(3,4)5)10-24-16(21)13-8-6-7-9-14(13)19-12(2)15(18)20/h6-9,12,19H,1,10H2,2-5H3/t12-/m0/s1. The van der Waals surface area contributed by atoms with Gasteiger partial charge in [-0.15, -0.1) is 0 Å². The molecule has 0 fully saturated rings. The minimum atomic E-state index is -3.64. The van der Waals surface area contributed by atoms with Gasteiger partial charge in [0.2, 0.25) is 5.24 Å². The number of esters is 1. The molecule has 1 aromatic rings. The predicted octanol–water partition coefficient (Wildman–Crippen LogP) is 3.14. The Morgan fingerprint density at radius 3 is 2.36 bits per heavy atom. The lowest BCUT2D eigenvalue weighted by atomic mass is 10.1. The maximum atomic E-state index is 12.3. The van der Waals surface area contributed by atoms with Crippen LogP contribution in [0.15, 0.2) is 35.7 Å². The zero-order valence-electron chi connectivity index (χ0n) is 14.6. The number of anilines is 1. The molecule has 0 bridgehead atoms. The third-order valence-corrected chi connectivity index (χ3v) is 6.23. The first kappa shape index (κ1) is 21.2. The number of nitrogens with one attached hydrogen (secondary N) is 1. The molecule has 1 aromatic carbocycles. The van der Waals surface area contributed by atoms with Crippen molar-refractivity contribution in [1.29, 1.82) is 0 Å². The number of hydrogen-bond acceptors (Lipinski definition) is 6. The first-order valence-corrected chi connectivity index (χ1v) is 9.38. The molecule has 0 aliphatic carbocycles. The topological polar surface area (TPSA) is 89.5 Å². The van der Waals surface area contributed by atoms with Crippen LogP contribution in [-0.2, 0) is 19.4 Å². The predicted molar refractivity (Wildman–Crippen MR) is 98.5 cm³/mol. The molecule has 0 spiro atoms. The number of hydrogen-bond donors (Lipinski definition) is 1. The Morgan fingerprint density at radius 2 is 1.84 bits per heavy atom. The van der Waals surface area contributed by atoms with E-state index in [0.717, 1.165) is 0 Å². The highest BCUT2D eigenvalue weighted by molar-refractivity contribution is 7.96. The molecule has 6 nitrogen and oxygen atoms in total. The summed E-state index contributed by atoms with van der Waals surface area (Å²) in [6, 6.07) is 5.68. The Kier molecular flexibility index (Phi) is 6.79. The van der Waals surface area contributed by atoms with E-state index in [1.54, 1.807) is 45.9 Å². The summed E-state index contributed by atoms with van der Waals surface area (Å²) in [4.78, 5) is 23.3. The van der Waals surface area contributed by atoms with Crippen molar-refractivity contribution in [1.82, 2.24) is 0 Å². The van der Waals surface area contributed by atoms with E-state index >= 15 is 0 Å². The first-order valence-electron chi connectivity index (χ1n) is 7.52. The van der Waals surface area contributed by atoms with Gasteiger partial charge in [-0.3, -0.25) is 4.79 Å². The molecular formula is C17H22ClNO5S. The highest BCUT2D eigenvalue weighted by Crippen LogP contribution is 2.23. The van der Waals surface area contributed by atoms with Gasteiger partial charge in [-0.1, -0.05) is 18.7 Å². The first-order chi connectivity index (χ1) is 11.4. The molecule has 25 heavy (non-hydrogen) atoms. The van der Waals surface area contributed by atoms with Gasteiger partial charge in [0.05, 0.1) is 21.3 Å². The second-order valence-electron chi connectivity index (χ2n) is 6.45. The summed E-state index contributed by atoms with van der Waals surface area (Å²) < 4.78 is 28.5. The van der Waals surface area contributed by atoms with Crippen LogP contribution in [-0.4, -0.2) is 37.0 Å². The summed E-state index contributed by atoms with van der Waals surface area (Å²) in [5.41, 5.74) is 0.520. The summed E-state index contributed by atoms with van der Waals surface area (Å²) in [5, 5.41) is 2.21. The smallest absolute Gasteiger partial charge is 0.340 e. The van der Waals surface area contributed by atoms with Crippen molar-refractivity contribution >= 4 is 38.3 Å². The summed E-state index contributed by atoms with van der Waals surface area (Å²) in [5.74, 6) is -0.734. The van der Waals surface area contributed by atoms with Crippen LogP contribution in [0, 0.1) is 0 Å². The van der Waals surface area contributed by atoms with E-state index in [0.29, 0.717) is 5.69 Å². The molecule has 138 valence electrons. The Bertz CT molecular complexity index is 780. The van der Waals surface area contributed by atoms with Crippen molar-refractivity contribution in [2.45, 2.75) is 38.5 Å². The molecule has 0 saturated carbocycles. The number of rotatable bonds is 7. The van der Waals surface area contributed by atoms with E-state index < -0.39 is 38.4 Å². The molecule has 0 saturated heterocycles. The monoisotopic (exact) mass is 387 g/mol. The van der Waals surface area contributed by atoms with Gasteiger partial charge in [-0.25, -0.2) is 13.2 Å². The molecule has 0 aliphatic heterocycles. The van der Waals surface area contributed by atoms with Crippen LogP contribution in [0.25, 0.3) is 0 Å². The molecular weight excluding hydrogens is 366 g/mol. The van der Waals surface area contributed by atoms with Crippen LogP contribution in [0.5, 0.6) is 0 Å². The highest BCUT2D eigenvalue weighted by atomic mass is 35.5. The molecule has 8 heteroatoms. The Hall–Kier alpha value is -1.86. The van der Waals surface area contributed by atoms with Crippen LogP contribution < -0.4 is 5.32 Å². The van der Waals surface area contributed by atoms with Gasteiger partial charge in [0.25, 0.3) is 0 Å². The molecule has 0 unspecified atom stereocenters. The lowest BCUT2D eigenvalue weighted by molar-refractivity contribution is -0.112. The van der Waals surface area contributed by atoms with E-state index in [1.165, 1.54) is 6.07 Å². The normalized spacial score (nSPS) is 13.0. The van der Waals surface area contributed by atoms with E-state index in [4.69, 9.17) is 16.3 Å². The Labute approximate surface area is 153 Å². The van der Waals surface area contributed by atoms with Gasteiger partial charge in [-0.2, -0.15) is 0 Å². The summed E-state index contributed by atoms with van der Waals surface area (Å²) in [7, 11) is -3.64. The number of para-hydroxylation sites is 1. The molecule has 0 aromatic heterocycles. The average Bonchev–Trinajstić information content (AvgIpc) is 2.51. The Balaban J connectivity index is 2.89. The van der Waals surface area contributed by atoms with Gasteiger partial charge in [0, 0.05) is 5.69 Å². The number of carbonyl (C=O) groups is 2. The van der Waals surface area contributed by atoms with Crippen LogP contribution in [0.1, 0.15) is 38.1 Å². The van der Waals surface area contributed by atoms with Gasteiger partial charge in [0.1, 0.15) is 6.61 Å². The van der Waals surface area contributed by atoms with Crippen molar-refractivity contribution < 1.29 is 22.7 Å². The summed E-state index contributed by atoms with van der Waals surface area (Å²) in [6.45, 7) is 9.24. The van der Waals surface area contributed by atoms with Crippen LogP contribution in [0.3, 0.4) is 0 Å². The Morgan fingerprint density at radius 1 is 1.28 bits per heavy atom. The third kappa shape index (κ3) is 5.31. The fourth-order valence-corrected chi connectivity index (χ4v) is 2.95. The van der Waals surface area contributed by atoms with Crippen molar-refractivity contribution in [3.05, 3.63) is 41.3 Å². The van der Waals surface area contributed by atoms with E-state index in [9.17, 15) is 18.0 Å². The minimum absolute atomic E-state index is 0.160. The van der Waals surface area contributed by atoms with Gasteiger partial charge < -0.3 is 10.1 Å². The third-order valence-electron chi connectivity index (χ3n) is 3.41. The maximum Gasteiger partial charge on any atom is 0.340 e. The number of halogens is 1. The van der Waals surface area contributed by atoms with Crippen molar-refractivity contribution in [2.75, 3.05) is 11.9 Å². The molecule has 1 rings (SSSR count). The number of carbonyl (C=O) groups excluding carboxylic acids is 2. The lowest BCUT2D eigenvalue weighted by Crippen LogP contribution is -2.30. The van der Waals surface area contributed by atoms with E-state index in [2.05, 4.69) is 11.9 Å². The number of benzene rings is 1. The quantitative estimate of drug-likeness (QED) is 0.571. The van der Waals surface area contributed by atoms with Crippen LogP contribution >= 0.6 is 11.6 Å². The maximum absolute atomic E-state index is 12.3. The minimum Gasteiger partial charge on any atom is -0.456 e. The van der Waals surface area contributed by atoms with Crippen molar-refractivity contribution in [3.63, 3.8) is 0 Å². The molecule has 1 N–H and O–H groups in total. The largest absolute Gasteiger partial charge is 0.456 e. The van der Waals surface area contributed by atoms with Gasteiger partial charge in [0.15, 0.2) is 9.84 Å². The van der Waals surface area contributed by atoms with Gasteiger partial charge >= 0.3 is 5.97 Å². The molecule has 0 amide bonds. The summed E-state index contributed by atoms with van der Waals surface area (Å²) in [6.07, 6.45) is 0. The zero-order chi connectivity index (χ0) is 19.4. The molecule has 0 aliphatic rings. The fraction of sp³-hybridized carbons (Fsp3) is 0.412. The molecule has 0 heterocycles. The number of ether oxygens (including phenoxy) is 1. The van der Waals surface area contributed by atoms with Crippen LogP contribution in [0.2, 0.25) is 0 Å². The SMILES string of the molecule is C=C(COC(=O)c1ccccc1N[C@@H](C)C(=O)Cl)S(=O)(=O)C(C)(C)C. The lowest BCUT2D eigenvalue weighted by Gasteiger charge is -2.21. The fourth-order valence-electron chi connectivity index (χ4n) is 1.81. The van der Waals surface area contributed by atoms with Crippen molar-refractivity contribution in [3.8, 4) is 0 Å². The molecule has 1 atom stereocenters. The summed E-state index contributed by atoms with van der Waals surface area (Å²) >= 11 is 5.41. The van der Waals surface area contributed by atoms with E-state index in [-0.39, 0.29) is 10.5 Å². The second kappa shape index (κ2) is 8.01. The second-order valence-corrected chi connectivity index (χ2v) is 9.63. The van der Waals surface area contributed by atoms with Crippen molar-refractivity contribution in [2.24, 2.45) is 0 Å².